The molecule has 1 heterocycles. The Bertz CT molecular complexity index is 1250. The number of carbonyl (C=O) groups is 2. The number of hydrogen-bond acceptors (Lipinski definition) is 6. The van der Waals surface area contributed by atoms with Crippen molar-refractivity contribution in [3.63, 3.8) is 0 Å². The number of cyclic esters (lactones) is 1. The maximum Gasteiger partial charge on any atom is 0.414 e. The van der Waals surface area contributed by atoms with Gasteiger partial charge in [-0.3, -0.25) is 15.0 Å². The predicted molar refractivity (Wildman–Crippen MR) is 126 cm³/mol. The van der Waals surface area contributed by atoms with Crippen LogP contribution in [0, 0.1) is 10.1 Å². The fourth-order valence-corrected chi connectivity index (χ4v) is 3.83. The summed E-state index contributed by atoms with van der Waals surface area (Å²) in [6.07, 6.45) is -0.511. The van der Waals surface area contributed by atoms with Gasteiger partial charge < -0.3 is 9.47 Å². The van der Waals surface area contributed by atoms with E-state index in [9.17, 15) is 19.7 Å². The number of benzene rings is 3. The Kier molecular flexibility index (Phi) is 6.68. The summed E-state index contributed by atoms with van der Waals surface area (Å²) in [4.78, 5) is 37.3. The summed E-state index contributed by atoms with van der Waals surface area (Å²) in [7, 11) is 0. The molecule has 34 heavy (non-hydrogen) atoms. The van der Waals surface area contributed by atoms with Crippen LogP contribution in [0.25, 0.3) is 11.3 Å². The number of rotatable bonds is 7. The lowest BCUT2D eigenvalue weighted by Gasteiger charge is -2.23. The highest BCUT2D eigenvalue weighted by Crippen LogP contribution is 2.37. The van der Waals surface area contributed by atoms with E-state index in [-0.39, 0.29) is 18.9 Å². The number of hydrogen-bond donors (Lipinski definition) is 0. The van der Waals surface area contributed by atoms with Gasteiger partial charge in [0.2, 0.25) is 0 Å². The third-order valence-corrected chi connectivity index (χ3v) is 5.34. The highest BCUT2D eigenvalue weighted by atomic mass is 16.6. The molecule has 0 aromatic heterocycles. The molecule has 8 heteroatoms. The van der Waals surface area contributed by atoms with Gasteiger partial charge in [-0.2, -0.15) is 0 Å². The van der Waals surface area contributed by atoms with Gasteiger partial charge in [0.05, 0.1) is 29.3 Å². The van der Waals surface area contributed by atoms with Crippen molar-refractivity contribution < 1.29 is 24.0 Å². The summed E-state index contributed by atoms with van der Waals surface area (Å²) in [5.41, 5.74) is 3.62. The van der Waals surface area contributed by atoms with Gasteiger partial charge >= 0.3 is 12.1 Å². The minimum atomic E-state index is -0.511. The Labute approximate surface area is 196 Å². The van der Waals surface area contributed by atoms with Crippen molar-refractivity contribution in [2.24, 2.45) is 0 Å². The van der Waals surface area contributed by atoms with E-state index in [1.165, 1.54) is 17.0 Å². The van der Waals surface area contributed by atoms with E-state index in [1.807, 2.05) is 36.4 Å². The molecule has 1 aliphatic rings. The fraction of sp³-hybridized carbons (Fsp3) is 0.154. The maximum absolute atomic E-state index is 12.7. The van der Waals surface area contributed by atoms with E-state index < -0.39 is 17.0 Å². The number of nitro benzene ring substituents is 1. The van der Waals surface area contributed by atoms with Crippen LogP contribution < -0.4 is 0 Å². The second-order valence-electron chi connectivity index (χ2n) is 7.46. The number of carbonyl (C=O) groups excluding carboxylic acids is 2. The van der Waals surface area contributed by atoms with E-state index in [4.69, 9.17) is 9.47 Å². The van der Waals surface area contributed by atoms with E-state index in [0.717, 1.165) is 5.56 Å². The SMILES string of the molecule is CCOC(=O)c1cccc(/C(=C(\c2ccc([N+](=O)[O-])cc2)N2CCOC2=O)c2ccccc2)c1. The average Bonchev–Trinajstić information content (AvgIpc) is 3.28. The summed E-state index contributed by atoms with van der Waals surface area (Å²) in [5.74, 6) is -0.450. The normalized spacial score (nSPS) is 13.8. The molecule has 1 saturated heterocycles. The zero-order valence-electron chi connectivity index (χ0n) is 18.5. The molecular formula is C26H22N2O6. The quantitative estimate of drug-likeness (QED) is 0.210. The molecule has 1 aliphatic heterocycles. The van der Waals surface area contributed by atoms with Crippen molar-refractivity contribution in [1.82, 2.24) is 4.90 Å². The molecule has 0 atom stereocenters. The number of non-ortho nitro benzene ring substituents is 1. The second kappa shape index (κ2) is 9.99. The largest absolute Gasteiger partial charge is 0.462 e. The molecule has 0 N–H and O–H groups in total. The third kappa shape index (κ3) is 4.66. The maximum atomic E-state index is 12.7. The Morgan fingerprint density at radius 3 is 2.26 bits per heavy atom. The van der Waals surface area contributed by atoms with Gasteiger partial charge in [-0.05, 0) is 47.9 Å². The van der Waals surface area contributed by atoms with E-state index in [2.05, 4.69) is 0 Å². The molecule has 0 bridgehead atoms. The van der Waals surface area contributed by atoms with Crippen molar-refractivity contribution >= 4 is 29.0 Å². The van der Waals surface area contributed by atoms with Crippen molar-refractivity contribution in [2.45, 2.75) is 6.92 Å². The van der Waals surface area contributed by atoms with Crippen molar-refractivity contribution in [2.75, 3.05) is 19.8 Å². The number of amides is 1. The Balaban J connectivity index is 2.00. The fourth-order valence-electron chi connectivity index (χ4n) is 3.83. The molecule has 172 valence electrons. The molecule has 8 nitrogen and oxygen atoms in total. The molecule has 1 amide bonds. The van der Waals surface area contributed by atoms with Crippen LogP contribution in [0.5, 0.6) is 0 Å². The summed E-state index contributed by atoms with van der Waals surface area (Å²) in [5, 5.41) is 11.2. The summed E-state index contributed by atoms with van der Waals surface area (Å²) in [6, 6.07) is 22.4. The average molecular weight is 458 g/mol. The van der Waals surface area contributed by atoms with Crippen LogP contribution in [0.2, 0.25) is 0 Å². The molecule has 0 saturated carbocycles. The third-order valence-electron chi connectivity index (χ3n) is 5.34. The molecule has 4 rings (SSSR count). The molecule has 0 radical (unpaired) electrons. The Morgan fingerprint density at radius 2 is 1.65 bits per heavy atom. The standard InChI is InChI=1S/C26H22N2O6/c1-2-33-25(29)21-10-6-9-20(17-21)23(18-7-4-3-5-8-18)24(27-15-16-34-26(27)30)19-11-13-22(14-12-19)28(31)32/h3-14,17H,2,15-16H2,1H3/b24-23+. The first-order valence-electron chi connectivity index (χ1n) is 10.8. The predicted octanol–water partition coefficient (Wildman–Crippen LogP) is 5.14. The zero-order chi connectivity index (χ0) is 24.1. The minimum Gasteiger partial charge on any atom is -0.462 e. The highest BCUT2D eigenvalue weighted by molar-refractivity contribution is 6.03. The van der Waals surface area contributed by atoms with E-state index >= 15 is 0 Å². The number of esters is 1. The molecule has 0 spiro atoms. The molecule has 1 fully saturated rings. The van der Waals surface area contributed by atoms with Crippen LogP contribution in [-0.4, -0.2) is 41.6 Å². The van der Waals surface area contributed by atoms with Gasteiger partial charge in [0.25, 0.3) is 5.69 Å². The molecule has 3 aromatic carbocycles. The molecule has 3 aromatic rings. The number of nitro groups is 1. The van der Waals surface area contributed by atoms with Crippen LogP contribution in [0.4, 0.5) is 10.5 Å². The second-order valence-corrected chi connectivity index (χ2v) is 7.46. The number of nitrogens with zero attached hydrogens (tertiary/aromatic N) is 2. The van der Waals surface area contributed by atoms with Crippen LogP contribution >= 0.6 is 0 Å². The van der Waals surface area contributed by atoms with Crippen molar-refractivity contribution in [3.05, 3.63) is 111 Å². The van der Waals surface area contributed by atoms with Crippen LogP contribution in [0.1, 0.15) is 34.0 Å². The van der Waals surface area contributed by atoms with Crippen molar-refractivity contribution in [1.29, 1.82) is 0 Å². The van der Waals surface area contributed by atoms with Gasteiger partial charge in [-0.25, -0.2) is 9.59 Å². The minimum absolute atomic E-state index is 0.0577. The van der Waals surface area contributed by atoms with Crippen LogP contribution in [0.15, 0.2) is 78.9 Å². The van der Waals surface area contributed by atoms with Crippen molar-refractivity contribution in [3.8, 4) is 0 Å². The molecule has 0 unspecified atom stereocenters. The topological polar surface area (TPSA) is 99.0 Å². The first-order valence-corrected chi connectivity index (χ1v) is 10.8. The van der Waals surface area contributed by atoms with Gasteiger partial charge in [0.15, 0.2) is 0 Å². The summed E-state index contributed by atoms with van der Waals surface area (Å²) >= 11 is 0. The van der Waals surface area contributed by atoms with E-state index in [1.54, 1.807) is 37.3 Å². The lowest BCUT2D eigenvalue weighted by Crippen LogP contribution is -2.24. The van der Waals surface area contributed by atoms with Gasteiger partial charge in [-0.1, -0.05) is 42.5 Å². The number of ether oxygens (including phenoxy) is 2. The zero-order valence-corrected chi connectivity index (χ0v) is 18.5. The molecular weight excluding hydrogens is 436 g/mol. The van der Waals surface area contributed by atoms with Crippen LogP contribution in [-0.2, 0) is 9.47 Å². The van der Waals surface area contributed by atoms with Gasteiger partial charge in [-0.15, -0.1) is 0 Å². The summed E-state index contributed by atoms with van der Waals surface area (Å²) in [6.45, 7) is 2.53. The monoisotopic (exact) mass is 458 g/mol. The lowest BCUT2D eigenvalue weighted by molar-refractivity contribution is -0.384. The Morgan fingerprint density at radius 1 is 0.971 bits per heavy atom. The highest BCUT2D eigenvalue weighted by Gasteiger charge is 2.30. The lowest BCUT2D eigenvalue weighted by atomic mass is 9.91. The summed E-state index contributed by atoms with van der Waals surface area (Å²) < 4.78 is 10.4. The van der Waals surface area contributed by atoms with E-state index in [0.29, 0.717) is 34.5 Å². The first kappa shape index (κ1) is 22.7. The van der Waals surface area contributed by atoms with Gasteiger partial charge in [0.1, 0.15) is 6.61 Å². The Hall–Kier alpha value is -4.46. The smallest absolute Gasteiger partial charge is 0.414 e. The molecule has 0 aliphatic carbocycles. The van der Waals surface area contributed by atoms with Crippen LogP contribution in [0.3, 0.4) is 0 Å². The first-order chi connectivity index (χ1) is 16.5. The van der Waals surface area contributed by atoms with Gasteiger partial charge in [0, 0.05) is 17.7 Å².